The van der Waals surface area contributed by atoms with Crippen molar-refractivity contribution in [2.24, 2.45) is 0 Å². The van der Waals surface area contributed by atoms with Gasteiger partial charge in [0, 0.05) is 30.3 Å². The summed E-state index contributed by atoms with van der Waals surface area (Å²) < 4.78 is 33.7. The molecule has 1 aromatic heterocycles. The second-order valence-corrected chi connectivity index (χ2v) is 9.62. The highest BCUT2D eigenvalue weighted by Gasteiger charge is 2.27. The SMILES string of the molecule is CCOc1ccc(NS(=O)(=O)c2cccc(C(=O)N3CCC(c4n[nH]c(C)n4)CC3)c2)cc1. The predicted octanol–water partition coefficient (Wildman–Crippen LogP) is 3.33. The maximum Gasteiger partial charge on any atom is 0.261 e. The standard InChI is InChI=1S/C23H27N5O4S/c1-3-32-20-9-7-19(8-10-20)27-33(30,31)21-6-4-5-18(15-21)23(29)28-13-11-17(12-14-28)22-24-16(2)25-26-22/h4-10,15,17,27H,3,11-14H2,1-2H3,(H,24,25,26). The van der Waals surface area contributed by atoms with Gasteiger partial charge >= 0.3 is 0 Å². The van der Waals surface area contributed by atoms with Gasteiger partial charge in [0.2, 0.25) is 0 Å². The number of sulfonamides is 1. The first-order chi connectivity index (χ1) is 15.9. The van der Waals surface area contributed by atoms with E-state index in [0.29, 0.717) is 36.7 Å². The molecule has 0 radical (unpaired) electrons. The second kappa shape index (κ2) is 9.62. The van der Waals surface area contributed by atoms with Crippen LogP contribution >= 0.6 is 0 Å². The number of nitrogens with zero attached hydrogens (tertiary/aromatic N) is 3. The Labute approximate surface area is 193 Å². The van der Waals surface area contributed by atoms with Crippen LogP contribution in [0, 0.1) is 6.92 Å². The van der Waals surface area contributed by atoms with Crippen molar-refractivity contribution >= 4 is 21.6 Å². The third-order valence-corrected chi connectivity index (χ3v) is 6.95. The summed E-state index contributed by atoms with van der Waals surface area (Å²) in [6, 6.07) is 12.8. The number of hydrogen-bond donors (Lipinski definition) is 2. The van der Waals surface area contributed by atoms with E-state index in [0.717, 1.165) is 24.5 Å². The van der Waals surface area contributed by atoms with Gasteiger partial charge in [-0.05, 0) is 69.2 Å². The zero-order chi connectivity index (χ0) is 23.4. The van der Waals surface area contributed by atoms with Crippen LogP contribution in [0.15, 0.2) is 53.4 Å². The number of carbonyl (C=O) groups excluding carboxylic acids is 1. The molecule has 1 aliphatic heterocycles. The van der Waals surface area contributed by atoms with Crippen molar-refractivity contribution in [1.29, 1.82) is 0 Å². The molecule has 0 aliphatic carbocycles. The summed E-state index contributed by atoms with van der Waals surface area (Å²) in [5.74, 6) is 2.25. The van der Waals surface area contributed by atoms with Crippen LogP contribution in [-0.2, 0) is 10.0 Å². The lowest BCUT2D eigenvalue weighted by Crippen LogP contribution is -2.38. The molecule has 1 fully saturated rings. The first-order valence-corrected chi connectivity index (χ1v) is 12.4. The van der Waals surface area contributed by atoms with Crippen LogP contribution < -0.4 is 9.46 Å². The Kier molecular flexibility index (Phi) is 6.64. The quantitative estimate of drug-likeness (QED) is 0.548. The van der Waals surface area contributed by atoms with E-state index in [1.165, 1.54) is 12.1 Å². The molecule has 0 saturated carbocycles. The summed E-state index contributed by atoms with van der Waals surface area (Å²) >= 11 is 0. The number of aromatic nitrogens is 3. The third kappa shape index (κ3) is 5.33. The smallest absolute Gasteiger partial charge is 0.261 e. The minimum absolute atomic E-state index is 0.0355. The Bertz CT molecular complexity index is 1220. The van der Waals surface area contributed by atoms with E-state index in [2.05, 4.69) is 19.9 Å². The number of aryl methyl sites for hydroxylation is 1. The van der Waals surface area contributed by atoms with Gasteiger partial charge in [0.1, 0.15) is 11.6 Å². The van der Waals surface area contributed by atoms with Crippen LogP contribution in [0.25, 0.3) is 0 Å². The summed E-state index contributed by atoms with van der Waals surface area (Å²) in [7, 11) is -3.85. The van der Waals surface area contributed by atoms with E-state index in [4.69, 9.17) is 4.74 Å². The highest BCUT2D eigenvalue weighted by molar-refractivity contribution is 7.92. The molecule has 1 aliphatic rings. The molecule has 0 bridgehead atoms. The first-order valence-electron chi connectivity index (χ1n) is 10.9. The predicted molar refractivity (Wildman–Crippen MR) is 124 cm³/mol. The number of rotatable bonds is 7. The molecule has 2 aromatic carbocycles. The second-order valence-electron chi connectivity index (χ2n) is 7.94. The molecule has 4 rings (SSSR count). The maximum atomic E-state index is 13.0. The lowest BCUT2D eigenvalue weighted by Gasteiger charge is -2.31. The summed E-state index contributed by atoms with van der Waals surface area (Å²) in [5, 5.41) is 7.10. The van der Waals surface area contributed by atoms with Crippen LogP contribution in [0.5, 0.6) is 5.75 Å². The van der Waals surface area contributed by atoms with Gasteiger partial charge in [0.25, 0.3) is 15.9 Å². The zero-order valence-electron chi connectivity index (χ0n) is 18.6. The summed E-state index contributed by atoms with van der Waals surface area (Å²) in [4.78, 5) is 19.2. The number of hydrogen-bond acceptors (Lipinski definition) is 6. The normalized spacial score (nSPS) is 14.8. The summed E-state index contributed by atoms with van der Waals surface area (Å²) in [6.07, 6.45) is 1.53. The fraction of sp³-hybridized carbons (Fsp3) is 0.348. The van der Waals surface area contributed by atoms with Gasteiger partial charge in [0.05, 0.1) is 11.5 Å². The van der Waals surface area contributed by atoms with Crippen molar-refractivity contribution < 1.29 is 17.9 Å². The number of H-pyrrole nitrogens is 1. The Morgan fingerprint density at radius 1 is 1.18 bits per heavy atom. The van der Waals surface area contributed by atoms with Crippen LogP contribution in [0.1, 0.15) is 47.7 Å². The topological polar surface area (TPSA) is 117 Å². The highest BCUT2D eigenvalue weighted by atomic mass is 32.2. The Morgan fingerprint density at radius 2 is 1.91 bits per heavy atom. The zero-order valence-corrected chi connectivity index (χ0v) is 19.4. The molecule has 0 spiro atoms. The molecule has 2 N–H and O–H groups in total. The minimum Gasteiger partial charge on any atom is -0.494 e. The molecular formula is C23H27N5O4S. The fourth-order valence-electron chi connectivity index (χ4n) is 3.86. The van der Waals surface area contributed by atoms with Crippen molar-refractivity contribution in [3.05, 3.63) is 65.7 Å². The number of benzene rings is 2. The van der Waals surface area contributed by atoms with Crippen molar-refractivity contribution in [3.8, 4) is 5.75 Å². The van der Waals surface area contributed by atoms with Crippen molar-refractivity contribution in [2.75, 3.05) is 24.4 Å². The Morgan fingerprint density at radius 3 is 2.55 bits per heavy atom. The molecule has 3 aromatic rings. The minimum atomic E-state index is -3.85. The van der Waals surface area contributed by atoms with Crippen LogP contribution in [0.4, 0.5) is 5.69 Å². The van der Waals surface area contributed by atoms with Crippen molar-refractivity contribution in [3.63, 3.8) is 0 Å². The molecule has 1 saturated heterocycles. The van der Waals surface area contributed by atoms with Crippen molar-refractivity contribution in [1.82, 2.24) is 20.1 Å². The third-order valence-electron chi connectivity index (χ3n) is 5.57. The van der Waals surface area contributed by atoms with Gasteiger partial charge < -0.3 is 9.64 Å². The number of likely N-dealkylation sites (tertiary alicyclic amines) is 1. The van der Waals surface area contributed by atoms with E-state index >= 15 is 0 Å². The van der Waals surface area contributed by atoms with E-state index in [1.807, 2.05) is 13.8 Å². The molecule has 33 heavy (non-hydrogen) atoms. The highest BCUT2D eigenvalue weighted by Crippen LogP contribution is 2.27. The average molecular weight is 470 g/mol. The molecule has 10 heteroatoms. The lowest BCUT2D eigenvalue weighted by molar-refractivity contribution is 0.0711. The van der Waals surface area contributed by atoms with Crippen LogP contribution in [-0.4, -0.2) is 54.1 Å². The van der Waals surface area contributed by atoms with Gasteiger partial charge in [-0.1, -0.05) is 6.07 Å². The Balaban J connectivity index is 1.43. The van der Waals surface area contributed by atoms with Gasteiger partial charge in [-0.25, -0.2) is 13.4 Å². The number of carbonyl (C=O) groups is 1. The molecule has 0 unspecified atom stereocenters. The Hall–Kier alpha value is -3.40. The number of aromatic amines is 1. The summed E-state index contributed by atoms with van der Waals surface area (Å²) in [5.41, 5.74) is 0.760. The number of nitrogens with one attached hydrogen (secondary N) is 2. The van der Waals surface area contributed by atoms with Gasteiger partial charge in [-0.2, -0.15) is 5.10 Å². The summed E-state index contributed by atoms with van der Waals surface area (Å²) in [6.45, 7) is 5.41. The fourth-order valence-corrected chi connectivity index (χ4v) is 4.97. The van der Waals surface area contributed by atoms with E-state index in [9.17, 15) is 13.2 Å². The lowest BCUT2D eigenvalue weighted by atomic mass is 9.95. The average Bonchev–Trinajstić information content (AvgIpc) is 3.26. The molecule has 174 valence electrons. The van der Waals surface area contributed by atoms with Gasteiger partial charge in [-0.15, -0.1) is 0 Å². The largest absolute Gasteiger partial charge is 0.494 e. The van der Waals surface area contributed by atoms with E-state index < -0.39 is 10.0 Å². The molecule has 0 atom stereocenters. The van der Waals surface area contributed by atoms with E-state index in [1.54, 1.807) is 41.3 Å². The molecule has 2 heterocycles. The van der Waals surface area contributed by atoms with Crippen LogP contribution in [0.3, 0.4) is 0 Å². The number of piperidine rings is 1. The number of ether oxygens (including phenoxy) is 1. The number of amides is 1. The molecular weight excluding hydrogens is 442 g/mol. The monoisotopic (exact) mass is 469 g/mol. The maximum absolute atomic E-state index is 13.0. The first kappa shape index (κ1) is 22.8. The van der Waals surface area contributed by atoms with Gasteiger partial charge in [-0.3, -0.25) is 14.6 Å². The van der Waals surface area contributed by atoms with Gasteiger partial charge in [0.15, 0.2) is 5.82 Å². The van der Waals surface area contributed by atoms with Crippen molar-refractivity contribution in [2.45, 2.75) is 37.5 Å². The molecule has 9 nitrogen and oxygen atoms in total. The molecule has 1 amide bonds. The van der Waals surface area contributed by atoms with Crippen LogP contribution in [0.2, 0.25) is 0 Å². The van der Waals surface area contributed by atoms with E-state index in [-0.39, 0.29) is 16.7 Å². The number of anilines is 1.